The van der Waals surface area contributed by atoms with Crippen molar-refractivity contribution in [2.24, 2.45) is 0 Å². The zero-order valence-corrected chi connectivity index (χ0v) is 13.9. The van der Waals surface area contributed by atoms with Crippen molar-refractivity contribution < 1.29 is 4.74 Å². The Morgan fingerprint density at radius 1 is 1.35 bits per heavy atom. The van der Waals surface area contributed by atoms with Crippen LogP contribution in [0.4, 0.5) is 11.6 Å². The molecule has 4 rings (SSSR count). The second-order valence-electron chi connectivity index (χ2n) is 5.99. The van der Waals surface area contributed by atoms with Crippen LogP contribution in [0.2, 0.25) is 0 Å². The summed E-state index contributed by atoms with van der Waals surface area (Å²) in [6.07, 6.45) is 6.67. The van der Waals surface area contributed by atoms with Gasteiger partial charge in [0, 0.05) is 19.2 Å². The Morgan fingerprint density at radius 2 is 2.17 bits per heavy atom. The second kappa shape index (κ2) is 5.68. The first kappa shape index (κ1) is 14.8. The second-order valence-corrected chi connectivity index (χ2v) is 6.76. The van der Waals surface area contributed by atoms with E-state index in [1.165, 1.54) is 17.3 Å². The van der Waals surface area contributed by atoms with Crippen molar-refractivity contribution >= 4 is 23.4 Å². The van der Waals surface area contributed by atoms with Crippen LogP contribution in [0.25, 0.3) is 0 Å². The van der Waals surface area contributed by atoms with Gasteiger partial charge in [-0.1, -0.05) is 11.8 Å². The first-order chi connectivity index (χ1) is 11.2. The third-order valence-electron chi connectivity index (χ3n) is 4.71. The summed E-state index contributed by atoms with van der Waals surface area (Å²) in [5.74, 6) is 1.42. The number of ether oxygens (including phenoxy) is 1. The van der Waals surface area contributed by atoms with Crippen molar-refractivity contribution in [3.05, 3.63) is 23.5 Å². The first-order valence-corrected chi connectivity index (χ1v) is 9.03. The van der Waals surface area contributed by atoms with Gasteiger partial charge in [-0.05, 0) is 31.1 Å². The maximum Gasteiger partial charge on any atom is 0.191 e. The van der Waals surface area contributed by atoms with E-state index in [0.29, 0.717) is 11.0 Å². The van der Waals surface area contributed by atoms with E-state index >= 15 is 0 Å². The summed E-state index contributed by atoms with van der Waals surface area (Å²) >= 11 is 1.51. The molecular formula is C15H20N6OS. The number of aromatic amines is 1. The van der Waals surface area contributed by atoms with Crippen molar-refractivity contribution in [1.82, 2.24) is 20.2 Å². The fraction of sp³-hybridized carbons (Fsp3) is 0.533. The summed E-state index contributed by atoms with van der Waals surface area (Å²) < 4.78 is 6.18. The Balaban J connectivity index is 1.55. The molecule has 0 bridgehead atoms. The highest BCUT2D eigenvalue weighted by Crippen LogP contribution is 2.41. The molecule has 0 saturated carbocycles. The molecule has 1 spiro atoms. The van der Waals surface area contributed by atoms with Crippen LogP contribution in [-0.4, -0.2) is 46.1 Å². The smallest absolute Gasteiger partial charge is 0.191 e. The van der Waals surface area contributed by atoms with Crippen LogP contribution in [0.1, 0.15) is 24.1 Å². The van der Waals surface area contributed by atoms with Crippen LogP contribution in [0.3, 0.4) is 0 Å². The molecule has 0 aromatic carbocycles. The van der Waals surface area contributed by atoms with Crippen LogP contribution in [0.5, 0.6) is 0 Å². The number of hydrogen-bond donors (Lipinski definition) is 2. The van der Waals surface area contributed by atoms with E-state index in [2.05, 4.69) is 25.1 Å². The highest BCUT2D eigenvalue weighted by atomic mass is 32.2. The van der Waals surface area contributed by atoms with Gasteiger partial charge in [0.15, 0.2) is 5.16 Å². The van der Waals surface area contributed by atoms with E-state index in [-0.39, 0.29) is 5.60 Å². The zero-order valence-electron chi connectivity index (χ0n) is 13.1. The van der Waals surface area contributed by atoms with Crippen LogP contribution in [0, 0.1) is 0 Å². The molecule has 0 radical (unpaired) electrons. The summed E-state index contributed by atoms with van der Waals surface area (Å²) in [4.78, 5) is 11.1. The lowest BCUT2D eigenvalue weighted by molar-refractivity contribution is -0.0796. The molecule has 8 heteroatoms. The van der Waals surface area contributed by atoms with Gasteiger partial charge in [-0.3, -0.25) is 5.10 Å². The number of nitrogens with one attached hydrogen (secondary N) is 1. The summed E-state index contributed by atoms with van der Waals surface area (Å²) in [5, 5.41) is 8.08. The number of H-pyrrole nitrogens is 1. The predicted octanol–water partition coefficient (Wildman–Crippen LogP) is 1.57. The molecule has 122 valence electrons. The van der Waals surface area contributed by atoms with E-state index in [1.54, 1.807) is 0 Å². The molecule has 7 nitrogen and oxygen atoms in total. The molecule has 2 aromatic heterocycles. The van der Waals surface area contributed by atoms with E-state index in [1.807, 2.05) is 18.5 Å². The van der Waals surface area contributed by atoms with Crippen molar-refractivity contribution in [3.63, 3.8) is 0 Å². The van der Waals surface area contributed by atoms with Gasteiger partial charge in [0.1, 0.15) is 17.2 Å². The van der Waals surface area contributed by atoms with Gasteiger partial charge in [-0.25, -0.2) is 9.97 Å². The number of fused-ring (bicyclic) bond motifs is 2. The number of rotatable bonds is 2. The van der Waals surface area contributed by atoms with Gasteiger partial charge in [-0.2, -0.15) is 5.10 Å². The van der Waals surface area contributed by atoms with E-state index < -0.39 is 0 Å². The molecule has 1 saturated heterocycles. The van der Waals surface area contributed by atoms with E-state index in [9.17, 15) is 0 Å². The van der Waals surface area contributed by atoms with Gasteiger partial charge in [-0.15, -0.1) is 0 Å². The third kappa shape index (κ3) is 2.55. The summed E-state index contributed by atoms with van der Waals surface area (Å²) in [6.45, 7) is 2.52. The molecule has 0 aliphatic carbocycles. The fourth-order valence-corrected chi connectivity index (χ4v) is 3.88. The molecule has 23 heavy (non-hydrogen) atoms. The monoisotopic (exact) mass is 332 g/mol. The maximum absolute atomic E-state index is 6.18. The number of anilines is 2. The number of nitrogens with two attached hydrogens (primary N) is 1. The van der Waals surface area contributed by atoms with E-state index in [4.69, 9.17) is 10.5 Å². The minimum Gasteiger partial charge on any atom is -0.383 e. The molecular weight excluding hydrogens is 312 g/mol. The topological polar surface area (TPSA) is 93.0 Å². The predicted molar refractivity (Wildman–Crippen MR) is 89.6 cm³/mol. The summed E-state index contributed by atoms with van der Waals surface area (Å²) in [7, 11) is 0. The Bertz CT molecular complexity index is 710. The Hall–Kier alpha value is -1.80. The maximum atomic E-state index is 6.18. The first-order valence-electron chi connectivity index (χ1n) is 7.80. The molecule has 0 atom stereocenters. The fourth-order valence-electron chi connectivity index (χ4n) is 3.50. The standard InChI is InChI=1S/C15H20N6OS/c1-23-14-18-11(16)8-12(19-14)21-5-3-15(4-6-21)13-10(2-7-22-15)9-17-20-13/h8-9H,2-7H2,1H3,(H,17,20)(H2,16,18,19). The third-order valence-corrected chi connectivity index (χ3v) is 5.26. The highest BCUT2D eigenvalue weighted by molar-refractivity contribution is 7.98. The van der Waals surface area contributed by atoms with Gasteiger partial charge in [0.25, 0.3) is 0 Å². The van der Waals surface area contributed by atoms with Crippen molar-refractivity contribution in [3.8, 4) is 0 Å². The van der Waals surface area contributed by atoms with Crippen molar-refractivity contribution in [2.75, 3.05) is 36.6 Å². The highest BCUT2D eigenvalue weighted by Gasteiger charge is 2.42. The molecule has 3 N–H and O–H groups in total. The Morgan fingerprint density at radius 3 is 2.96 bits per heavy atom. The minimum atomic E-state index is -0.221. The molecule has 2 aliphatic heterocycles. The molecule has 4 heterocycles. The number of nitrogen functional groups attached to an aromatic ring is 1. The number of hydrogen-bond acceptors (Lipinski definition) is 7. The molecule has 1 fully saturated rings. The van der Waals surface area contributed by atoms with Crippen molar-refractivity contribution in [1.29, 1.82) is 0 Å². The van der Waals surface area contributed by atoms with Crippen LogP contribution in [0.15, 0.2) is 17.4 Å². The van der Waals surface area contributed by atoms with Gasteiger partial charge in [0.2, 0.25) is 0 Å². The zero-order chi connectivity index (χ0) is 15.9. The SMILES string of the molecule is CSc1nc(N)cc(N2CCC3(CC2)OCCc2cn[nH]c23)n1. The molecule has 0 amide bonds. The van der Waals surface area contributed by atoms with Crippen LogP contribution < -0.4 is 10.6 Å². The quantitative estimate of drug-likeness (QED) is 0.637. The molecule has 2 aliphatic rings. The van der Waals surface area contributed by atoms with Crippen LogP contribution >= 0.6 is 11.8 Å². The van der Waals surface area contributed by atoms with Gasteiger partial charge >= 0.3 is 0 Å². The van der Waals surface area contributed by atoms with Gasteiger partial charge < -0.3 is 15.4 Å². The Labute approximate surface area is 139 Å². The largest absolute Gasteiger partial charge is 0.383 e. The number of piperidine rings is 1. The number of thioether (sulfide) groups is 1. The number of nitrogens with zero attached hydrogens (tertiary/aromatic N) is 4. The lowest BCUT2D eigenvalue weighted by atomic mass is 9.84. The molecule has 2 aromatic rings. The average Bonchev–Trinajstić information content (AvgIpc) is 3.05. The van der Waals surface area contributed by atoms with Crippen molar-refractivity contribution in [2.45, 2.75) is 30.0 Å². The normalized spacial score (nSPS) is 19.8. The lowest BCUT2D eigenvalue weighted by Crippen LogP contribution is -2.47. The molecule has 0 unspecified atom stereocenters. The Kier molecular flexibility index (Phi) is 3.65. The summed E-state index contributed by atoms with van der Waals surface area (Å²) in [6, 6.07) is 1.85. The summed E-state index contributed by atoms with van der Waals surface area (Å²) in [5.41, 5.74) is 8.13. The van der Waals surface area contributed by atoms with E-state index in [0.717, 1.165) is 50.5 Å². The minimum absolute atomic E-state index is 0.221. The van der Waals surface area contributed by atoms with Crippen LogP contribution in [-0.2, 0) is 16.8 Å². The average molecular weight is 332 g/mol. The lowest BCUT2D eigenvalue weighted by Gasteiger charge is -2.43. The number of aromatic nitrogens is 4. The van der Waals surface area contributed by atoms with Gasteiger partial charge in [0.05, 0.1) is 18.5 Å².